The minimum absolute atomic E-state index is 0.0789. The number of aryl methyl sites for hydroxylation is 1. The van der Waals surface area contributed by atoms with Crippen molar-refractivity contribution in [1.29, 1.82) is 0 Å². The van der Waals surface area contributed by atoms with E-state index in [4.69, 9.17) is 11.6 Å². The maximum absolute atomic E-state index is 13.7. The third-order valence-electron chi connectivity index (χ3n) is 2.54. The normalized spacial score (nSPS) is 10.4. The van der Waals surface area contributed by atoms with Gasteiger partial charge in [-0.1, -0.05) is 23.2 Å². The van der Waals surface area contributed by atoms with Crippen molar-refractivity contribution in [3.8, 4) is 0 Å². The smallest absolute Gasteiger partial charge is 0.197 e. The van der Waals surface area contributed by atoms with E-state index in [-0.39, 0.29) is 11.3 Å². The molecule has 0 saturated carbocycles. The molecule has 0 bridgehead atoms. The molecular formula is C14H9ClFIO. The van der Waals surface area contributed by atoms with Crippen molar-refractivity contribution in [1.82, 2.24) is 0 Å². The van der Waals surface area contributed by atoms with Gasteiger partial charge in [-0.2, -0.15) is 0 Å². The molecule has 0 aliphatic carbocycles. The molecule has 2 aromatic rings. The Kier molecular flexibility index (Phi) is 4.02. The fraction of sp³-hybridized carbons (Fsp3) is 0.0714. The van der Waals surface area contributed by atoms with E-state index in [1.165, 1.54) is 6.07 Å². The lowest BCUT2D eigenvalue weighted by Crippen LogP contribution is -2.06. The standard InChI is InChI=1S/C14H9ClFIO/c1-8-2-4-12(16)10(6-8)14(18)11-7-9(15)3-5-13(11)17/h2-7H,1H3. The van der Waals surface area contributed by atoms with Crippen molar-refractivity contribution in [2.24, 2.45) is 0 Å². The summed E-state index contributed by atoms with van der Waals surface area (Å²) >= 11 is 7.91. The topological polar surface area (TPSA) is 17.1 Å². The molecule has 0 aromatic heterocycles. The first-order chi connectivity index (χ1) is 8.49. The van der Waals surface area contributed by atoms with E-state index in [1.807, 2.05) is 29.5 Å². The number of carbonyl (C=O) groups is 1. The molecule has 0 spiro atoms. The highest BCUT2D eigenvalue weighted by atomic mass is 127. The summed E-state index contributed by atoms with van der Waals surface area (Å²) in [5.74, 6) is -0.857. The zero-order valence-corrected chi connectivity index (χ0v) is 12.4. The van der Waals surface area contributed by atoms with Crippen molar-refractivity contribution < 1.29 is 9.18 Å². The largest absolute Gasteiger partial charge is 0.288 e. The molecule has 92 valence electrons. The van der Waals surface area contributed by atoms with Crippen molar-refractivity contribution in [3.63, 3.8) is 0 Å². The Morgan fingerprint density at radius 2 is 1.89 bits per heavy atom. The fourth-order valence-electron chi connectivity index (χ4n) is 1.63. The third-order valence-corrected chi connectivity index (χ3v) is 3.72. The maximum Gasteiger partial charge on any atom is 0.197 e. The van der Waals surface area contributed by atoms with Crippen LogP contribution in [0.2, 0.25) is 5.02 Å². The van der Waals surface area contributed by atoms with Gasteiger partial charge in [-0.15, -0.1) is 0 Å². The molecule has 0 atom stereocenters. The summed E-state index contributed by atoms with van der Waals surface area (Å²) in [6, 6.07) is 9.49. The Hall–Kier alpha value is -0.940. The quantitative estimate of drug-likeness (QED) is 0.554. The lowest BCUT2D eigenvalue weighted by Gasteiger charge is -2.06. The van der Waals surface area contributed by atoms with Crippen LogP contribution in [-0.2, 0) is 0 Å². The van der Waals surface area contributed by atoms with Crippen LogP contribution in [0.5, 0.6) is 0 Å². The third kappa shape index (κ3) is 2.72. The molecule has 0 saturated heterocycles. The molecule has 0 amide bonds. The predicted molar refractivity (Wildman–Crippen MR) is 78.7 cm³/mol. The summed E-state index contributed by atoms with van der Waals surface area (Å²) in [6.07, 6.45) is 0. The van der Waals surface area contributed by atoms with Gasteiger partial charge in [-0.05, 0) is 59.8 Å². The maximum atomic E-state index is 13.7. The summed E-state index contributed by atoms with van der Waals surface area (Å²) < 4.78 is 14.4. The van der Waals surface area contributed by atoms with Crippen molar-refractivity contribution in [3.05, 3.63) is 67.5 Å². The van der Waals surface area contributed by atoms with Gasteiger partial charge in [0.2, 0.25) is 0 Å². The number of hydrogen-bond acceptors (Lipinski definition) is 1. The Morgan fingerprint density at radius 3 is 2.61 bits per heavy atom. The highest BCUT2D eigenvalue weighted by Gasteiger charge is 2.17. The van der Waals surface area contributed by atoms with Gasteiger partial charge in [-0.3, -0.25) is 4.79 Å². The SMILES string of the molecule is Cc1ccc(F)c(C(=O)c2cc(Cl)ccc2I)c1. The number of carbonyl (C=O) groups excluding carboxylic acids is 1. The monoisotopic (exact) mass is 374 g/mol. The van der Waals surface area contributed by atoms with Crippen LogP contribution in [0, 0.1) is 16.3 Å². The number of hydrogen-bond donors (Lipinski definition) is 0. The van der Waals surface area contributed by atoms with Gasteiger partial charge < -0.3 is 0 Å². The van der Waals surface area contributed by atoms with Crippen LogP contribution >= 0.6 is 34.2 Å². The molecular weight excluding hydrogens is 366 g/mol. The average Bonchev–Trinajstić information content (AvgIpc) is 2.34. The van der Waals surface area contributed by atoms with Gasteiger partial charge in [0.05, 0.1) is 5.56 Å². The van der Waals surface area contributed by atoms with Gasteiger partial charge in [0, 0.05) is 14.2 Å². The lowest BCUT2D eigenvalue weighted by molar-refractivity contribution is 0.103. The number of halogens is 3. The highest BCUT2D eigenvalue weighted by molar-refractivity contribution is 14.1. The summed E-state index contributed by atoms with van der Waals surface area (Å²) in [6.45, 7) is 1.82. The summed E-state index contributed by atoms with van der Waals surface area (Å²) in [7, 11) is 0. The van der Waals surface area contributed by atoms with Crippen molar-refractivity contribution >= 4 is 40.0 Å². The van der Waals surface area contributed by atoms with Gasteiger partial charge in [0.15, 0.2) is 5.78 Å². The minimum Gasteiger partial charge on any atom is -0.288 e. The summed E-state index contributed by atoms with van der Waals surface area (Å²) in [5.41, 5.74) is 1.35. The predicted octanol–water partition coefficient (Wildman–Crippen LogP) is 4.62. The van der Waals surface area contributed by atoms with E-state index in [2.05, 4.69) is 0 Å². The molecule has 0 fully saturated rings. The van der Waals surface area contributed by atoms with Crippen LogP contribution < -0.4 is 0 Å². The lowest BCUT2D eigenvalue weighted by atomic mass is 10.0. The van der Waals surface area contributed by atoms with Gasteiger partial charge in [0.25, 0.3) is 0 Å². The minimum atomic E-state index is -0.513. The van der Waals surface area contributed by atoms with Crippen molar-refractivity contribution in [2.45, 2.75) is 6.92 Å². The Balaban J connectivity index is 2.54. The second-order valence-electron chi connectivity index (χ2n) is 3.94. The molecule has 0 aliphatic rings. The first-order valence-corrected chi connectivity index (χ1v) is 6.70. The summed E-state index contributed by atoms with van der Waals surface area (Å²) in [4.78, 5) is 12.3. The molecule has 1 nitrogen and oxygen atoms in total. The first-order valence-electron chi connectivity index (χ1n) is 5.25. The molecule has 0 radical (unpaired) electrons. The number of rotatable bonds is 2. The van der Waals surface area contributed by atoms with Crippen LogP contribution in [0.25, 0.3) is 0 Å². The molecule has 4 heteroatoms. The molecule has 0 aliphatic heterocycles. The van der Waals surface area contributed by atoms with Gasteiger partial charge in [-0.25, -0.2) is 4.39 Å². The van der Waals surface area contributed by atoms with E-state index >= 15 is 0 Å². The van der Waals surface area contributed by atoms with Gasteiger partial charge in [0.1, 0.15) is 5.82 Å². The Bertz CT molecular complexity index is 572. The van der Waals surface area contributed by atoms with E-state index in [0.717, 1.165) is 9.13 Å². The highest BCUT2D eigenvalue weighted by Crippen LogP contribution is 2.22. The van der Waals surface area contributed by atoms with Crippen LogP contribution in [0.15, 0.2) is 36.4 Å². The second-order valence-corrected chi connectivity index (χ2v) is 5.54. The van der Waals surface area contributed by atoms with Gasteiger partial charge >= 0.3 is 0 Å². The van der Waals surface area contributed by atoms with Crippen molar-refractivity contribution in [2.75, 3.05) is 0 Å². The second kappa shape index (κ2) is 5.36. The molecule has 2 rings (SSSR count). The molecule has 0 unspecified atom stereocenters. The molecule has 0 N–H and O–H groups in total. The molecule has 2 aromatic carbocycles. The Morgan fingerprint density at radius 1 is 1.17 bits per heavy atom. The van der Waals surface area contributed by atoms with Crippen LogP contribution in [0.1, 0.15) is 21.5 Å². The van der Waals surface area contributed by atoms with E-state index in [9.17, 15) is 9.18 Å². The molecule has 0 heterocycles. The van der Waals surface area contributed by atoms with Crippen LogP contribution in [-0.4, -0.2) is 5.78 Å². The van der Waals surface area contributed by atoms with E-state index in [1.54, 1.807) is 30.3 Å². The van der Waals surface area contributed by atoms with Crippen LogP contribution in [0.3, 0.4) is 0 Å². The fourth-order valence-corrected chi connectivity index (χ4v) is 2.38. The van der Waals surface area contributed by atoms with Crippen LogP contribution in [0.4, 0.5) is 4.39 Å². The van der Waals surface area contributed by atoms with E-state index < -0.39 is 5.82 Å². The number of ketones is 1. The average molecular weight is 375 g/mol. The number of benzene rings is 2. The zero-order chi connectivity index (χ0) is 13.3. The zero-order valence-electron chi connectivity index (χ0n) is 9.51. The molecule has 18 heavy (non-hydrogen) atoms. The Labute approximate surface area is 123 Å². The first kappa shape index (κ1) is 13.5. The summed E-state index contributed by atoms with van der Waals surface area (Å²) in [5, 5.41) is 0.465. The van der Waals surface area contributed by atoms with E-state index in [0.29, 0.717) is 10.6 Å².